The molecule has 0 saturated heterocycles. The fourth-order valence-corrected chi connectivity index (χ4v) is 2.47. The lowest BCUT2D eigenvalue weighted by atomic mass is 10.1. The van der Waals surface area contributed by atoms with Crippen LogP contribution in [0.5, 0.6) is 5.75 Å². The monoisotopic (exact) mass is 395 g/mol. The smallest absolute Gasteiger partial charge is 0.251 e. The van der Waals surface area contributed by atoms with Crippen LogP contribution in [-0.2, 0) is 4.79 Å². The molecule has 0 bridgehead atoms. The van der Waals surface area contributed by atoms with E-state index in [1.807, 2.05) is 45.0 Å². The first-order chi connectivity index (χ1) is 13.9. The van der Waals surface area contributed by atoms with Crippen molar-refractivity contribution in [3.05, 3.63) is 66.2 Å². The van der Waals surface area contributed by atoms with Gasteiger partial charge in [0.1, 0.15) is 12.4 Å². The van der Waals surface area contributed by atoms with Crippen LogP contribution in [0.25, 0.3) is 0 Å². The predicted octanol–water partition coefficient (Wildman–Crippen LogP) is 4.22. The molecule has 154 valence electrons. The molecule has 1 atom stereocenters. The Bertz CT molecular complexity index is 864. The summed E-state index contributed by atoms with van der Waals surface area (Å²) in [7, 11) is 0. The van der Waals surface area contributed by atoms with Gasteiger partial charge in [-0.1, -0.05) is 31.7 Å². The number of rotatable bonds is 10. The highest BCUT2D eigenvalue weighted by molar-refractivity contribution is 5.98. The minimum atomic E-state index is -0.223. The van der Waals surface area contributed by atoms with Gasteiger partial charge < -0.3 is 20.7 Å². The zero-order valence-corrected chi connectivity index (χ0v) is 17.2. The second-order valence-electron chi connectivity index (χ2n) is 7.01. The highest BCUT2D eigenvalue weighted by atomic mass is 16.5. The topological polar surface area (TPSA) is 79.5 Å². The van der Waals surface area contributed by atoms with Crippen LogP contribution < -0.4 is 20.7 Å². The van der Waals surface area contributed by atoms with Gasteiger partial charge in [0.2, 0.25) is 5.91 Å². The van der Waals surface area contributed by atoms with E-state index in [1.54, 1.807) is 24.3 Å². The number of hydrogen-bond donors (Lipinski definition) is 3. The summed E-state index contributed by atoms with van der Waals surface area (Å²) in [4.78, 5) is 24.6. The van der Waals surface area contributed by atoms with Crippen LogP contribution in [-0.4, -0.2) is 31.0 Å². The molecular formula is C23H29N3O3. The van der Waals surface area contributed by atoms with Crippen molar-refractivity contribution < 1.29 is 14.3 Å². The van der Waals surface area contributed by atoms with Gasteiger partial charge in [-0.05, 0) is 56.2 Å². The largest absolute Gasteiger partial charge is 0.487 e. The van der Waals surface area contributed by atoms with E-state index >= 15 is 0 Å². The number of ether oxygens (including phenoxy) is 1. The van der Waals surface area contributed by atoms with Crippen LogP contribution in [0.1, 0.15) is 37.6 Å². The quantitative estimate of drug-likeness (QED) is 0.526. The van der Waals surface area contributed by atoms with Gasteiger partial charge in [0.25, 0.3) is 5.91 Å². The first-order valence-electron chi connectivity index (χ1n) is 9.70. The SMILES string of the molecule is C=C(C)COc1ccccc1NCC(=O)Nc1cccc(C(=O)NC(C)CC)c1. The number of amides is 2. The average Bonchev–Trinajstić information content (AvgIpc) is 2.71. The molecule has 0 aliphatic rings. The highest BCUT2D eigenvalue weighted by Crippen LogP contribution is 2.24. The van der Waals surface area contributed by atoms with Crippen LogP contribution in [0.15, 0.2) is 60.7 Å². The van der Waals surface area contributed by atoms with Gasteiger partial charge in [-0.2, -0.15) is 0 Å². The Morgan fingerprint density at radius 3 is 2.62 bits per heavy atom. The molecule has 0 spiro atoms. The summed E-state index contributed by atoms with van der Waals surface area (Å²) >= 11 is 0. The Morgan fingerprint density at radius 1 is 1.14 bits per heavy atom. The summed E-state index contributed by atoms with van der Waals surface area (Å²) in [6.45, 7) is 10.2. The van der Waals surface area contributed by atoms with E-state index < -0.39 is 0 Å². The summed E-state index contributed by atoms with van der Waals surface area (Å²) < 4.78 is 5.69. The molecule has 0 fully saturated rings. The van der Waals surface area contributed by atoms with E-state index in [-0.39, 0.29) is 24.4 Å². The third-order valence-corrected chi connectivity index (χ3v) is 4.20. The molecule has 2 aromatic rings. The van der Waals surface area contributed by atoms with Crippen LogP contribution >= 0.6 is 0 Å². The molecule has 0 saturated carbocycles. The van der Waals surface area contributed by atoms with Crippen LogP contribution in [0.2, 0.25) is 0 Å². The number of carbonyl (C=O) groups excluding carboxylic acids is 2. The molecule has 1 unspecified atom stereocenters. The maximum Gasteiger partial charge on any atom is 0.251 e. The molecule has 0 aliphatic heterocycles. The average molecular weight is 396 g/mol. The maximum absolute atomic E-state index is 12.3. The van der Waals surface area contributed by atoms with Gasteiger partial charge in [0, 0.05) is 17.3 Å². The number of carbonyl (C=O) groups is 2. The van der Waals surface area contributed by atoms with Gasteiger partial charge in [-0.3, -0.25) is 9.59 Å². The molecule has 2 aromatic carbocycles. The molecule has 3 N–H and O–H groups in total. The molecule has 6 nitrogen and oxygen atoms in total. The normalized spacial score (nSPS) is 11.3. The van der Waals surface area contributed by atoms with Crippen LogP contribution in [0, 0.1) is 0 Å². The Hall–Kier alpha value is -3.28. The standard InChI is InChI=1S/C23H29N3O3/c1-5-17(4)25-23(28)18-9-8-10-19(13-18)26-22(27)14-24-20-11-6-7-12-21(20)29-15-16(2)3/h6-13,17,24H,2,5,14-15H2,1,3-4H3,(H,25,28)(H,26,27). The number of nitrogens with one attached hydrogen (secondary N) is 3. The van der Waals surface area contributed by atoms with E-state index in [0.29, 0.717) is 23.6 Å². The van der Waals surface area contributed by atoms with Gasteiger partial charge >= 0.3 is 0 Å². The lowest BCUT2D eigenvalue weighted by molar-refractivity contribution is -0.114. The Labute approximate surface area is 172 Å². The molecule has 6 heteroatoms. The van der Waals surface area contributed by atoms with Gasteiger partial charge in [0.15, 0.2) is 0 Å². The molecule has 0 heterocycles. The number of para-hydroxylation sites is 2. The number of hydrogen-bond acceptors (Lipinski definition) is 4. The van der Waals surface area contributed by atoms with E-state index in [0.717, 1.165) is 17.7 Å². The summed E-state index contributed by atoms with van der Waals surface area (Å²) in [6, 6.07) is 14.4. The molecular weight excluding hydrogens is 366 g/mol. The zero-order valence-electron chi connectivity index (χ0n) is 17.2. The maximum atomic E-state index is 12.3. The number of benzene rings is 2. The van der Waals surface area contributed by atoms with Gasteiger partial charge in [0.05, 0.1) is 12.2 Å². The highest BCUT2D eigenvalue weighted by Gasteiger charge is 2.11. The van der Waals surface area contributed by atoms with Crippen LogP contribution in [0.4, 0.5) is 11.4 Å². The van der Waals surface area contributed by atoms with Crippen molar-refractivity contribution in [3.63, 3.8) is 0 Å². The van der Waals surface area contributed by atoms with E-state index in [4.69, 9.17) is 4.74 Å². The predicted molar refractivity (Wildman–Crippen MR) is 118 cm³/mol. The van der Waals surface area contributed by atoms with Gasteiger partial charge in [-0.15, -0.1) is 0 Å². The Morgan fingerprint density at radius 2 is 1.90 bits per heavy atom. The molecule has 0 aromatic heterocycles. The molecule has 29 heavy (non-hydrogen) atoms. The molecule has 2 rings (SSSR count). The fraction of sp³-hybridized carbons (Fsp3) is 0.304. The second kappa shape index (κ2) is 10.9. The second-order valence-corrected chi connectivity index (χ2v) is 7.01. The lowest BCUT2D eigenvalue weighted by Crippen LogP contribution is -2.32. The Balaban J connectivity index is 1.94. The first-order valence-corrected chi connectivity index (χ1v) is 9.70. The fourth-order valence-electron chi connectivity index (χ4n) is 2.47. The summed E-state index contributed by atoms with van der Waals surface area (Å²) in [5, 5.41) is 8.81. The van der Waals surface area contributed by atoms with E-state index in [2.05, 4.69) is 22.5 Å². The molecule has 2 amide bonds. The van der Waals surface area contributed by atoms with Crippen molar-refractivity contribution in [1.82, 2.24) is 5.32 Å². The third kappa shape index (κ3) is 7.33. The summed E-state index contributed by atoms with van der Waals surface area (Å²) in [5.41, 5.74) is 2.72. The first kappa shape index (κ1) is 22.0. The minimum Gasteiger partial charge on any atom is -0.487 e. The number of anilines is 2. The molecule has 0 radical (unpaired) electrons. The minimum absolute atomic E-state index is 0.0662. The van der Waals surface area contributed by atoms with Gasteiger partial charge in [-0.25, -0.2) is 0 Å². The lowest BCUT2D eigenvalue weighted by Gasteiger charge is -2.14. The zero-order chi connectivity index (χ0) is 21.2. The van der Waals surface area contributed by atoms with Crippen LogP contribution in [0.3, 0.4) is 0 Å². The summed E-state index contributed by atoms with van der Waals surface area (Å²) in [6.07, 6.45) is 0.853. The van der Waals surface area contributed by atoms with Crippen molar-refractivity contribution in [2.45, 2.75) is 33.2 Å². The van der Waals surface area contributed by atoms with E-state index in [9.17, 15) is 9.59 Å². The Kier molecular flexibility index (Phi) is 8.27. The third-order valence-electron chi connectivity index (χ3n) is 4.20. The van der Waals surface area contributed by atoms with Crippen molar-refractivity contribution in [1.29, 1.82) is 0 Å². The van der Waals surface area contributed by atoms with E-state index in [1.165, 1.54) is 0 Å². The van der Waals surface area contributed by atoms with Crippen molar-refractivity contribution in [2.75, 3.05) is 23.8 Å². The van der Waals surface area contributed by atoms with Crippen molar-refractivity contribution >= 4 is 23.2 Å². The molecule has 0 aliphatic carbocycles. The summed E-state index contributed by atoms with van der Waals surface area (Å²) in [5.74, 6) is 0.281. The van der Waals surface area contributed by atoms with Crippen molar-refractivity contribution in [3.8, 4) is 5.75 Å². The van der Waals surface area contributed by atoms with Crippen molar-refractivity contribution in [2.24, 2.45) is 0 Å².